The van der Waals surface area contributed by atoms with Gasteiger partial charge in [-0.2, -0.15) is 13.2 Å². The molecule has 1 amide bonds. The molecule has 1 atom stereocenters. The number of carbonyl (C=O) groups is 1. The van der Waals surface area contributed by atoms with Crippen LogP contribution in [0, 0.1) is 5.82 Å². The molecule has 1 heterocycles. The van der Waals surface area contributed by atoms with Crippen molar-refractivity contribution < 1.29 is 27.5 Å². The van der Waals surface area contributed by atoms with Gasteiger partial charge >= 0.3 is 6.18 Å². The zero-order chi connectivity index (χ0) is 18.0. The highest BCUT2D eigenvalue weighted by Crippen LogP contribution is 2.40. The number of aromatic nitrogens is 2. The van der Waals surface area contributed by atoms with Crippen molar-refractivity contribution in [3.8, 4) is 0 Å². The van der Waals surface area contributed by atoms with E-state index in [0.717, 1.165) is 16.8 Å². The molecular formula is C15H15F4N3O2. The van der Waals surface area contributed by atoms with Crippen LogP contribution >= 0.6 is 0 Å². The smallest absolute Gasteiger partial charge is 0.374 e. The van der Waals surface area contributed by atoms with E-state index in [-0.39, 0.29) is 5.56 Å². The summed E-state index contributed by atoms with van der Waals surface area (Å²) in [5.41, 5.74) is -3.52. The molecule has 1 aromatic carbocycles. The fourth-order valence-corrected chi connectivity index (χ4v) is 2.24. The standard InChI is InChI=1S/C15H15F4N3O2/c1-22-9-8-21-13(22)14(24,15(17,18)19)6-7-20-12(23)10-4-2-3-5-11(10)16/h2-5,8-9,24H,6-7H2,1H3,(H,20,23). The lowest BCUT2D eigenvalue weighted by atomic mass is 9.97. The second kappa shape index (κ2) is 6.60. The third-order valence-corrected chi connectivity index (χ3v) is 3.55. The number of alkyl halides is 3. The number of amides is 1. The minimum Gasteiger partial charge on any atom is -0.374 e. The first-order valence-corrected chi connectivity index (χ1v) is 6.96. The molecule has 9 heteroatoms. The summed E-state index contributed by atoms with van der Waals surface area (Å²) in [6, 6.07) is 5.09. The van der Waals surface area contributed by atoms with E-state index in [1.807, 2.05) is 0 Å². The molecule has 1 aromatic heterocycles. The summed E-state index contributed by atoms with van der Waals surface area (Å²) < 4.78 is 54.4. The zero-order valence-electron chi connectivity index (χ0n) is 12.6. The number of aliphatic hydroxyl groups is 1. The molecule has 0 bridgehead atoms. The van der Waals surface area contributed by atoms with Gasteiger partial charge in [-0.15, -0.1) is 0 Å². The number of nitrogens with one attached hydrogen (secondary N) is 1. The van der Waals surface area contributed by atoms with Gasteiger partial charge in [0.2, 0.25) is 5.60 Å². The van der Waals surface area contributed by atoms with Crippen LogP contribution in [-0.2, 0) is 12.6 Å². The highest BCUT2D eigenvalue weighted by atomic mass is 19.4. The lowest BCUT2D eigenvalue weighted by Crippen LogP contribution is -2.46. The molecule has 0 aliphatic carbocycles. The van der Waals surface area contributed by atoms with Crippen molar-refractivity contribution in [2.24, 2.45) is 7.05 Å². The van der Waals surface area contributed by atoms with Crippen LogP contribution in [0.2, 0.25) is 0 Å². The highest BCUT2D eigenvalue weighted by Gasteiger charge is 2.57. The van der Waals surface area contributed by atoms with Gasteiger partial charge in [-0.1, -0.05) is 12.1 Å². The van der Waals surface area contributed by atoms with E-state index in [1.165, 1.54) is 31.4 Å². The van der Waals surface area contributed by atoms with Gasteiger partial charge in [0, 0.05) is 32.4 Å². The van der Waals surface area contributed by atoms with Gasteiger partial charge < -0.3 is 15.0 Å². The molecule has 2 N–H and O–H groups in total. The lowest BCUT2D eigenvalue weighted by molar-refractivity contribution is -0.272. The third-order valence-electron chi connectivity index (χ3n) is 3.55. The third kappa shape index (κ3) is 3.40. The number of aryl methyl sites for hydroxylation is 1. The van der Waals surface area contributed by atoms with Crippen molar-refractivity contribution >= 4 is 5.91 Å². The Balaban J connectivity index is 2.11. The molecule has 0 fully saturated rings. The van der Waals surface area contributed by atoms with Crippen molar-refractivity contribution in [2.45, 2.75) is 18.2 Å². The van der Waals surface area contributed by atoms with Crippen LogP contribution in [0.1, 0.15) is 22.6 Å². The normalized spacial score (nSPS) is 14.2. The first-order valence-electron chi connectivity index (χ1n) is 6.96. The number of carbonyl (C=O) groups excluding carboxylic acids is 1. The second-order valence-corrected chi connectivity index (χ2v) is 5.21. The van der Waals surface area contributed by atoms with Crippen LogP contribution in [-0.4, -0.2) is 33.3 Å². The van der Waals surface area contributed by atoms with E-state index >= 15 is 0 Å². The molecule has 2 aromatic rings. The molecule has 24 heavy (non-hydrogen) atoms. The molecule has 0 radical (unpaired) electrons. The van der Waals surface area contributed by atoms with E-state index in [0.29, 0.717) is 0 Å². The number of imidazole rings is 1. The van der Waals surface area contributed by atoms with Crippen LogP contribution in [0.4, 0.5) is 17.6 Å². The van der Waals surface area contributed by atoms with Crippen molar-refractivity contribution in [2.75, 3.05) is 6.54 Å². The van der Waals surface area contributed by atoms with Crippen molar-refractivity contribution in [1.82, 2.24) is 14.9 Å². The quantitative estimate of drug-likeness (QED) is 0.816. The number of hydrogen-bond acceptors (Lipinski definition) is 3. The van der Waals surface area contributed by atoms with Gasteiger partial charge in [-0.25, -0.2) is 9.37 Å². The van der Waals surface area contributed by atoms with E-state index in [2.05, 4.69) is 10.3 Å². The van der Waals surface area contributed by atoms with Crippen LogP contribution in [0.15, 0.2) is 36.7 Å². The van der Waals surface area contributed by atoms with Crippen LogP contribution in [0.3, 0.4) is 0 Å². The molecule has 5 nitrogen and oxygen atoms in total. The minimum absolute atomic E-state index is 0.287. The van der Waals surface area contributed by atoms with Crippen molar-refractivity contribution in [3.63, 3.8) is 0 Å². The fraction of sp³-hybridized carbons (Fsp3) is 0.333. The minimum atomic E-state index is -4.99. The van der Waals surface area contributed by atoms with Gasteiger partial charge in [0.1, 0.15) is 11.6 Å². The van der Waals surface area contributed by atoms with Crippen LogP contribution in [0.25, 0.3) is 0 Å². The van der Waals surface area contributed by atoms with E-state index in [4.69, 9.17) is 0 Å². The average molecular weight is 345 g/mol. The maximum absolute atomic E-state index is 13.5. The first-order chi connectivity index (χ1) is 11.2. The van der Waals surface area contributed by atoms with Crippen LogP contribution in [0.5, 0.6) is 0 Å². The Labute approximate surface area is 134 Å². The Morgan fingerprint density at radius 1 is 1.33 bits per heavy atom. The number of benzene rings is 1. The molecule has 0 aliphatic rings. The molecule has 130 valence electrons. The summed E-state index contributed by atoms with van der Waals surface area (Å²) in [5, 5.41) is 12.3. The fourth-order valence-electron chi connectivity index (χ4n) is 2.24. The number of hydrogen-bond donors (Lipinski definition) is 2. The Hall–Kier alpha value is -2.42. The van der Waals surface area contributed by atoms with E-state index in [9.17, 15) is 27.5 Å². The molecule has 0 saturated carbocycles. The summed E-state index contributed by atoms with van der Waals surface area (Å²) in [6.07, 6.45) is -3.45. The van der Waals surface area contributed by atoms with Crippen molar-refractivity contribution in [3.05, 3.63) is 53.9 Å². The van der Waals surface area contributed by atoms with E-state index in [1.54, 1.807) is 0 Å². The SMILES string of the molecule is Cn1ccnc1C(O)(CCNC(=O)c1ccccc1F)C(F)(F)F. The average Bonchev–Trinajstić information content (AvgIpc) is 2.92. The van der Waals surface area contributed by atoms with Gasteiger partial charge in [-0.3, -0.25) is 4.79 Å². The zero-order valence-corrected chi connectivity index (χ0v) is 12.6. The van der Waals surface area contributed by atoms with Gasteiger partial charge in [-0.05, 0) is 12.1 Å². The predicted octanol–water partition coefficient (Wildman–Crippen LogP) is 2.13. The Morgan fingerprint density at radius 2 is 2.00 bits per heavy atom. The molecule has 0 aliphatic heterocycles. The Morgan fingerprint density at radius 3 is 2.54 bits per heavy atom. The Kier molecular flexibility index (Phi) is 4.93. The lowest BCUT2D eigenvalue weighted by Gasteiger charge is -2.30. The maximum atomic E-state index is 13.5. The van der Waals surface area contributed by atoms with Crippen LogP contribution < -0.4 is 5.32 Å². The molecule has 0 spiro atoms. The number of rotatable bonds is 5. The highest BCUT2D eigenvalue weighted by molar-refractivity contribution is 5.94. The number of halogens is 4. The van der Waals surface area contributed by atoms with Crippen molar-refractivity contribution in [1.29, 1.82) is 0 Å². The molecule has 1 unspecified atom stereocenters. The second-order valence-electron chi connectivity index (χ2n) is 5.21. The summed E-state index contributed by atoms with van der Waals surface area (Å²) in [5.74, 6) is -2.24. The van der Waals surface area contributed by atoms with E-state index < -0.39 is 42.3 Å². The number of nitrogens with zero attached hydrogens (tertiary/aromatic N) is 2. The molecule has 0 saturated heterocycles. The van der Waals surface area contributed by atoms with Gasteiger partial charge in [0.05, 0.1) is 5.56 Å². The monoisotopic (exact) mass is 345 g/mol. The Bertz CT molecular complexity index is 730. The van der Waals surface area contributed by atoms with Gasteiger partial charge in [0.15, 0.2) is 0 Å². The summed E-state index contributed by atoms with van der Waals surface area (Å²) in [4.78, 5) is 15.4. The molecular weight excluding hydrogens is 330 g/mol. The maximum Gasteiger partial charge on any atom is 0.424 e. The topological polar surface area (TPSA) is 67.2 Å². The summed E-state index contributed by atoms with van der Waals surface area (Å²) >= 11 is 0. The largest absolute Gasteiger partial charge is 0.424 e. The molecule has 2 rings (SSSR count). The summed E-state index contributed by atoms with van der Waals surface area (Å²) in [6.45, 7) is -0.518. The summed E-state index contributed by atoms with van der Waals surface area (Å²) in [7, 11) is 1.32. The first kappa shape index (κ1) is 17.9. The predicted molar refractivity (Wildman–Crippen MR) is 76.5 cm³/mol. The van der Waals surface area contributed by atoms with Gasteiger partial charge in [0.25, 0.3) is 5.91 Å².